The average Bonchev–Trinajstić information content (AvgIpc) is 2.68. The number of hydrogen-bond donors (Lipinski definition) is 2. The van der Waals surface area contributed by atoms with Gasteiger partial charge in [0, 0.05) is 24.5 Å². The Balaban J connectivity index is 1.55. The molecule has 2 N–H and O–H groups in total. The second-order valence-electron chi connectivity index (χ2n) is 7.03. The summed E-state index contributed by atoms with van der Waals surface area (Å²) in [6, 6.07) is 13.2. The molecule has 3 rings (SSSR count). The fraction of sp³-hybridized carbons (Fsp3) is 0.381. The van der Waals surface area contributed by atoms with Gasteiger partial charge in [0.2, 0.25) is 0 Å². The van der Waals surface area contributed by atoms with Gasteiger partial charge in [-0.3, -0.25) is 0 Å². The number of hydrogen-bond acceptors (Lipinski definition) is 2. The van der Waals surface area contributed by atoms with E-state index in [1.807, 2.05) is 6.92 Å². The van der Waals surface area contributed by atoms with E-state index in [4.69, 9.17) is 12.2 Å². The molecule has 28 heavy (non-hydrogen) atoms. The Labute approximate surface area is 168 Å². The molecule has 1 heterocycles. The van der Waals surface area contributed by atoms with E-state index in [2.05, 4.69) is 39.8 Å². The highest BCUT2D eigenvalue weighted by Crippen LogP contribution is 2.30. The Bertz CT molecular complexity index is 782. The monoisotopic (exact) mass is 407 g/mol. The second kappa shape index (κ2) is 8.82. The Kier molecular flexibility index (Phi) is 6.44. The Morgan fingerprint density at radius 3 is 2.14 bits per heavy atom. The van der Waals surface area contributed by atoms with Crippen LogP contribution in [0.3, 0.4) is 0 Å². The van der Waals surface area contributed by atoms with Crippen LogP contribution in [0, 0.1) is 0 Å². The van der Waals surface area contributed by atoms with Gasteiger partial charge >= 0.3 is 6.18 Å². The van der Waals surface area contributed by atoms with Crippen molar-refractivity contribution in [1.82, 2.24) is 5.32 Å². The first-order valence-electron chi connectivity index (χ1n) is 9.42. The summed E-state index contributed by atoms with van der Waals surface area (Å²) in [4.78, 5) is 2.40. The Morgan fingerprint density at radius 1 is 0.964 bits per heavy atom. The minimum Gasteiger partial charge on any atom is -0.372 e. The number of nitrogens with one attached hydrogen (secondary N) is 2. The summed E-state index contributed by atoms with van der Waals surface area (Å²) in [6.07, 6.45) is -0.557. The fourth-order valence-corrected chi connectivity index (χ4v) is 3.61. The number of halogens is 3. The number of rotatable bonds is 4. The molecule has 1 aliphatic rings. The summed E-state index contributed by atoms with van der Waals surface area (Å²) in [7, 11) is 0. The third-order valence-corrected chi connectivity index (χ3v) is 5.15. The zero-order valence-corrected chi connectivity index (χ0v) is 16.5. The molecule has 7 heteroatoms. The van der Waals surface area contributed by atoms with Crippen LogP contribution in [0.25, 0.3) is 0 Å². The van der Waals surface area contributed by atoms with Crippen molar-refractivity contribution in [2.75, 3.05) is 23.3 Å². The van der Waals surface area contributed by atoms with Crippen molar-refractivity contribution in [3.05, 3.63) is 59.7 Å². The van der Waals surface area contributed by atoms with Crippen LogP contribution < -0.4 is 15.5 Å². The maximum Gasteiger partial charge on any atom is 0.416 e. The van der Waals surface area contributed by atoms with Crippen molar-refractivity contribution < 1.29 is 13.2 Å². The Morgan fingerprint density at radius 2 is 1.57 bits per heavy atom. The van der Waals surface area contributed by atoms with E-state index in [0.29, 0.717) is 10.8 Å². The van der Waals surface area contributed by atoms with Crippen molar-refractivity contribution in [3.8, 4) is 0 Å². The van der Waals surface area contributed by atoms with Crippen molar-refractivity contribution >= 4 is 28.7 Å². The molecule has 0 saturated carbocycles. The third-order valence-electron chi connectivity index (χ3n) is 4.93. The number of piperidine rings is 1. The predicted molar refractivity (Wildman–Crippen MR) is 112 cm³/mol. The highest BCUT2D eigenvalue weighted by molar-refractivity contribution is 7.80. The normalized spacial score (nSPS) is 15.8. The van der Waals surface area contributed by atoms with Crippen LogP contribution in [0.5, 0.6) is 0 Å². The summed E-state index contributed by atoms with van der Waals surface area (Å²) in [5.74, 6) is 0. The molecule has 1 fully saturated rings. The lowest BCUT2D eigenvalue weighted by Crippen LogP contribution is -2.31. The van der Waals surface area contributed by atoms with Crippen molar-refractivity contribution in [2.45, 2.75) is 38.4 Å². The van der Waals surface area contributed by atoms with Gasteiger partial charge in [0.05, 0.1) is 11.6 Å². The fourth-order valence-electron chi connectivity index (χ4n) is 3.32. The zero-order valence-electron chi connectivity index (χ0n) is 15.7. The topological polar surface area (TPSA) is 27.3 Å². The van der Waals surface area contributed by atoms with Crippen LogP contribution in [0.15, 0.2) is 48.5 Å². The maximum atomic E-state index is 12.6. The molecule has 1 atom stereocenters. The van der Waals surface area contributed by atoms with Gasteiger partial charge in [-0.2, -0.15) is 13.2 Å². The lowest BCUT2D eigenvalue weighted by Gasteiger charge is -2.29. The van der Waals surface area contributed by atoms with Gasteiger partial charge in [0.25, 0.3) is 0 Å². The smallest absolute Gasteiger partial charge is 0.372 e. The Hall–Kier alpha value is -2.28. The molecule has 3 nitrogen and oxygen atoms in total. The van der Waals surface area contributed by atoms with Gasteiger partial charge in [0.15, 0.2) is 5.11 Å². The van der Waals surface area contributed by atoms with Gasteiger partial charge in [-0.1, -0.05) is 12.1 Å². The highest BCUT2D eigenvalue weighted by Gasteiger charge is 2.29. The highest BCUT2D eigenvalue weighted by atomic mass is 32.1. The minimum absolute atomic E-state index is 0.0233. The molecule has 2 aromatic rings. The summed E-state index contributed by atoms with van der Waals surface area (Å²) < 4.78 is 37.9. The maximum absolute atomic E-state index is 12.6. The number of thiocarbonyl (C=S) groups is 1. The molecule has 0 unspecified atom stereocenters. The standard InChI is InChI=1S/C21H24F3N3S/c1-15(16-5-11-19(12-6-16)27-13-3-2-4-14-27)25-20(28)26-18-9-7-17(8-10-18)21(22,23)24/h5-12,15H,2-4,13-14H2,1H3,(H2,25,26,28)/t15-/m1/s1. The van der Waals surface area contributed by atoms with Gasteiger partial charge in [0.1, 0.15) is 0 Å². The third kappa shape index (κ3) is 5.38. The number of anilines is 2. The molecule has 0 radical (unpaired) electrons. The number of alkyl halides is 3. The molecule has 0 aliphatic carbocycles. The van der Waals surface area contributed by atoms with Gasteiger partial charge in [-0.05, 0) is 80.4 Å². The largest absolute Gasteiger partial charge is 0.416 e. The summed E-state index contributed by atoms with van der Waals surface area (Å²) in [5, 5.41) is 6.47. The summed E-state index contributed by atoms with van der Waals surface area (Å²) >= 11 is 5.29. The SMILES string of the molecule is C[C@@H](NC(=S)Nc1ccc(C(F)(F)F)cc1)c1ccc(N2CCCCC2)cc1. The van der Waals surface area contributed by atoms with E-state index in [1.54, 1.807) is 0 Å². The molecule has 2 aromatic carbocycles. The predicted octanol–water partition coefficient (Wildman–Crippen LogP) is 5.74. The van der Waals surface area contributed by atoms with Crippen LogP contribution in [-0.2, 0) is 6.18 Å². The molecule has 0 aromatic heterocycles. The first-order chi connectivity index (χ1) is 13.3. The van der Waals surface area contributed by atoms with Crippen molar-refractivity contribution in [1.29, 1.82) is 0 Å². The number of benzene rings is 2. The van der Waals surface area contributed by atoms with Gasteiger partial charge < -0.3 is 15.5 Å². The molecule has 1 aliphatic heterocycles. The molecular weight excluding hydrogens is 383 g/mol. The van der Waals surface area contributed by atoms with Crippen LogP contribution in [0.2, 0.25) is 0 Å². The second-order valence-corrected chi connectivity index (χ2v) is 7.44. The molecule has 150 valence electrons. The molecule has 0 amide bonds. The van der Waals surface area contributed by atoms with Crippen molar-refractivity contribution in [2.24, 2.45) is 0 Å². The average molecular weight is 408 g/mol. The number of nitrogens with zero attached hydrogens (tertiary/aromatic N) is 1. The van der Waals surface area contributed by atoms with Crippen LogP contribution in [0.4, 0.5) is 24.5 Å². The molecule has 0 spiro atoms. The van der Waals surface area contributed by atoms with Gasteiger partial charge in [-0.15, -0.1) is 0 Å². The van der Waals surface area contributed by atoms with E-state index in [-0.39, 0.29) is 6.04 Å². The lowest BCUT2D eigenvalue weighted by molar-refractivity contribution is -0.137. The summed E-state index contributed by atoms with van der Waals surface area (Å²) in [5.41, 5.74) is 2.16. The minimum atomic E-state index is -4.34. The van der Waals surface area contributed by atoms with E-state index < -0.39 is 11.7 Å². The van der Waals surface area contributed by atoms with E-state index in [0.717, 1.165) is 30.8 Å². The van der Waals surface area contributed by atoms with Gasteiger partial charge in [-0.25, -0.2) is 0 Å². The van der Waals surface area contributed by atoms with E-state index in [9.17, 15) is 13.2 Å². The van der Waals surface area contributed by atoms with Crippen LogP contribution in [-0.4, -0.2) is 18.2 Å². The molecule has 0 bridgehead atoms. The molecule has 1 saturated heterocycles. The van der Waals surface area contributed by atoms with Crippen molar-refractivity contribution in [3.63, 3.8) is 0 Å². The zero-order chi connectivity index (χ0) is 20.1. The lowest BCUT2D eigenvalue weighted by atomic mass is 10.1. The van der Waals surface area contributed by atoms with Crippen LogP contribution >= 0.6 is 12.2 Å². The first kappa shape index (κ1) is 20.5. The van der Waals surface area contributed by atoms with E-state index >= 15 is 0 Å². The summed E-state index contributed by atoms with van der Waals surface area (Å²) in [6.45, 7) is 4.21. The quantitative estimate of drug-likeness (QED) is 0.632. The molecular formula is C21H24F3N3S. The van der Waals surface area contributed by atoms with E-state index in [1.165, 1.54) is 37.1 Å². The first-order valence-corrected chi connectivity index (χ1v) is 9.83. The van der Waals surface area contributed by atoms with Crippen LogP contribution in [0.1, 0.15) is 43.4 Å².